The highest BCUT2D eigenvalue weighted by atomic mass is 35.5. The van der Waals surface area contributed by atoms with Crippen LogP contribution in [0.2, 0.25) is 5.02 Å². The van der Waals surface area contributed by atoms with Crippen LogP contribution in [-0.2, 0) is 4.79 Å². The van der Waals surface area contributed by atoms with Crippen molar-refractivity contribution in [1.82, 2.24) is 0 Å². The van der Waals surface area contributed by atoms with Crippen LogP contribution >= 0.6 is 22.9 Å². The second kappa shape index (κ2) is 6.38. The van der Waals surface area contributed by atoms with Crippen LogP contribution < -0.4 is 5.32 Å². The molecule has 0 spiro atoms. The molecular formula is C15H11ClN2OS. The lowest BCUT2D eigenvalue weighted by molar-refractivity contribution is -0.112. The molecule has 3 nitrogen and oxygen atoms in total. The van der Waals surface area contributed by atoms with Gasteiger partial charge in [0.25, 0.3) is 5.91 Å². The number of nitriles is 1. The molecule has 100 valence electrons. The molecule has 20 heavy (non-hydrogen) atoms. The molecule has 0 aliphatic heterocycles. The first-order chi connectivity index (χ1) is 9.60. The summed E-state index contributed by atoms with van der Waals surface area (Å²) < 4.78 is 0. The number of nitrogens with zero attached hydrogens (tertiary/aromatic N) is 1. The summed E-state index contributed by atoms with van der Waals surface area (Å²) in [5.74, 6) is -0.446. The minimum Gasteiger partial charge on any atom is -0.321 e. The molecule has 1 heterocycles. The molecule has 0 saturated carbocycles. The smallest absolute Gasteiger partial charge is 0.266 e. The number of benzene rings is 1. The van der Waals surface area contributed by atoms with Crippen molar-refractivity contribution < 1.29 is 4.79 Å². The quantitative estimate of drug-likeness (QED) is 0.680. The average molecular weight is 303 g/mol. The first kappa shape index (κ1) is 14.3. The molecule has 0 aliphatic carbocycles. The second-order valence-electron chi connectivity index (χ2n) is 4.14. The van der Waals surface area contributed by atoms with Gasteiger partial charge in [0.1, 0.15) is 11.6 Å². The van der Waals surface area contributed by atoms with Gasteiger partial charge >= 0.3 is 0 Å². The lowest BCUT2D eigenvalue weighted by atomic mass is 10.2. The third kappa shape index (κ3) is 3.47. The first-order valence-corrected chi connectivity index (χ1v) is 7.13. The Morgan fingerprint density at radius 3 is 2.85 bits per heavy atom. The van der Waals surface area contributed by atoms with Crippen molar-refractivity contribution in [2.24, 2.45) is 0 Å². The molecule has 1 aromatic heterocycles. The molecule has 1 amide bonds. The molecule has 0 aliphatic rings. The molecule has 2 rings (SSSR count). The summed E-state index contributed by atoms with van der Waals surface area (Å²) in [6.07, 6.45) is 1.56. The van der Waals surface area contributed by atoms with E-state index in [0.717, 1.165) is 11.1 Å². The highest BCUT2D eigenvalue weighted by Crippen LogP contribution is 2.20. The van der Waals surface area contributed by atoms with Crippen molar-refractivity contribution in [3.05, 3.63) is 56.7 Å². The zero-order valence-corrected chi connectivity index (χ0v) is 12.3. The van der Waals surface area contributed by atoms with Crippen LogP contribution in [0.15, 0.2) is 40.6 Å². The Morgan fingerprint density at radius 1 is 1.45 bits per heavy atom. The topological polar surface area (TPSA) is 52.9 Å². The Morgan fingerprint density at radius 2 is 2.25 bits per heavy atom. The number of aryl methyl sites for hydroxylation is 1. The molecule has 0 saturated heterocycles. The number of hydrogen-bond donors (Lipinski definition) is 1. The van der Waals surface area contributed by atoms with Gasteiger partial charge in [0, 0.05) is 10.7 Å². The lowest BCUT2D eigenvalue weighted by Gasteiger charge is -2.06. The van der Waals surface area contributed by atoms with E-state index in [1.807, 2.05) is 35.9 Å². The molecule has 0 radical (unpaired) electrons. The number of nitrogens with one attached hydrogen (secondary N) is 1. The van der Waals surface area contributed by atoms with Gasteiger partial charge in [-0.1, -0.05) is 17.7 Å². The molecular weight excluding hydrogens is 292 g/mol. The van der Waals surface area contributed by atoms with Gasteiger partial charge in [0.05, 0.1) is 0 Å². The maximum absolute atomic E-state index is 12.0. The van der Waals surface area contributed by atoms with E-state index in [4.69, 9.17) is 16.9 Å². The third-order valence-corrected chi connectivity index (χ3v) is 3.76. The van der Waals surface area contributed by atoms with Crippen molar-refractivity contribution in [2.75, 3.05) is 5.32 Å². The lowest BCUT2D eigenvalue weighted by Crippen LogP contribution is -2.13. The van der Waals surface area contributed by atoms with Crippen LogP contribution in [0.3, 0.4) is 0 Å². The molecule has 1 N–H and O–H groups in total. The SMILES string of the molecule is Cc1ccc(NC(=O)/C(C#N)=C\c2ccsc2)cc1Cl. The van der Waals surface area contributed by atoms with Crippen molar-refractivity contribution in [2.45, 2.75) is 6.92 Å². The van der Waals surface area contributed by atoms with Gasteiger partial charge in [-0.3, -0.25) is 4.79 Å². The Hall–Kier alpha value is -2.09. The number of carbonyl (C=O) groups excluding carboxylic acids is 1. The molecule has 0 atom stereocenters. The molecule has 1 aromatic carbocycles. The standard InChI is InChI=1S/C15H11ClN2OS/c1-10-2-3-13(7-14(10)16)18-15(19)12(8-17)6-11-4-5-20-9-11/h2-7,9H,1H3,(H,18,19)/b12-6-. The van der Waals surface area contributed by atoms with Crippen molar-refractivity contribution in [1.29, 1.82) is 5.26 Å². The number of halogens is 1. The molecule has 0 fully saturated rings. The van der Waals surface area contributed by atoms with Gasteiger partial charge in [0.2, 0.25) is 0 Å². The first-order valence-electron chi connectivity index (χ1n) is 5.81. The van der Waals surface area contributed by atoms with Crippen LogP contribution in [0, 0.1) is 18.3 Å². The van der Waals surface area contributed by atoms with Gasteiger partial charge in [-0.2, -0.15) is 16.6 Å². The van der Waals surface area contributed by atoms with Crippen LogP contribution in [0.1, 0.15) is 11.1 Å². The van der Waals surface area contributed by atoms with E-state index < -0.39 is 5.91 Å². The third-order valence-electron chi connectivity index (χ3n) is 2.65. The fourth-order valence-corrected chi connectivity index (χ4v) is 2.34. The van der Waals surface area contributed by atoms with Crippen LogP contribution in [0.5, 0.6) is 0 Å². The predicted molar refractivity (Wildman–Crippen MR) is 82.7 cm³/mol. The van der Waals surface area contributed by atoms with Gasteiger partial charge < -0.3 is 5.32 Å². The second-order valence-corrected chi connectivity index (χ2v) is 5.33. The van der Waals surface area contributed by atoms with E-state index in [1.54, 1.807) is 18.2 Å². The van der Waals surface area contributed by atoms with Crippen LogP contribution in [0.4, 0.5) is 5.69 Å². The summed E-state index contributed by atoms with van der Waals surface area (Å²) in [5.41, 5.74) is 2.39. The van der Waals surface area contributed by atoms with Gasteiger partial charge in [-0.05, 0) is 53.1 Å². The fourth-order valence-electron chi connectivity index (χ4n) is 1.54. The minimum absolute atomic E-state index is 0.0556. The zero-order valence-electron chi connectivity index (χ0n) is 10.7. The number of rotatable bonds is 3. The summed E-state index contributed by atoms with van der Waals surface area (Å²) in [4.78, 5) is 12.0. The zero-order chi connectivity index (χ0) is 14.5. The average Bonchev–Trinajstić information content (AvgIpc) is 2.93. The summed E-state index contributed by atoms with van der Waals surface area (Å²) >= 11 is 7.50. The number of thiophene rings is 1. The maximum atomic E-state index is 12.0. The van der Waals surface area contributed by atoms with E-state index in [-0.39, 0.29) is 5.57 Å². The molecule has 0 bridgehead atoms. The van der Waals surface area contributed by atoms with Crippen molar-refractivity contribution >= 4 is 40.6 Å². The Kier molecular flexibility index (Phi) is 4.57. The summed E-state index contributed by atoms with van der Waals surface area (Å²) in [5, 5.41) is 16.1. The Balaban J connectivity index is 2.18. The van der Waals surface area contributed by atoms with Crippen LogP contribution in [-0.4, -0.2) is 5.91 Å². The van der Waals surface area contributed by atoms with E-state index in [2.05, 4.69) is 5.32 Å². The number of hydrogen-bond acceptors (Lipinski definition) is 3. The highest BCUT2D eigenvalue weighted by molar-refractivity contribution is 7.08. The van der Waals surface area contributed by atoms with Gasteiger partial charge in [-0.25, -0.2) is 0 Å². The summed E-state index contributed by atoms with van der Waals surface area (Å²) in [6, 6.07) is 8.97. The molecule has 0 unspecified atom stereocenters. The predicted octanol–water partition coefficient (Wildman–Crippen LogP) is 4.26. The highest BCUT2D eigenvalue weighted by Gasteiger charge is 2.10. The van der Waals surface area contributed by atoms with Gasteiger partial charge in [0.15, 0.2) is 0 Å². The van der Waals surface area contributed by atoms with E-state index in [0.29, 0.717) is 10.7 Å². The monoisotopic (exact) mass is 302 g/mol. The van der Waals surface area contributed by atoms with E-state index >= 15 is 0 Å². The maximum Gasteiger partial charge on any atom is 0.266 e. The van der Waals surface area contributed by atoms with Gasteiger partial charge in [-0.15, -0.1) is 0 Å². The largest absolute Gasteiger partial charge is 0.321 e. The summed E-state index contributed by atoms with van der Waals surface area (Å²) in [6.45, 7) is 1.88. The normalized spacial score (nSPS) is 10.9. The van der Waals surface area contributed by atoms with E-state index in [9.17, 15) is 4.79 Å². The summed E-state index contributed by atoms with van der Waals surface area (Å²) in [7, 11) is 0. The molecule has 5 heteroatoms. The van der Waals surface area contributed by atoms with Crippen molar-refractivity contribution in [3.63, 3.8) is 0 Å². The number of anilines is 1. The number of amides is 1. The number of carbonyl (C=O) groups is 1. The Bertz CT molecular complexity index is 699. The van der Waals surface area contributed by atoms with E-state index in [1.165, 1.54) is 11.3 Å². The van der Waals surface area contributed by atoms with Crippen molar-refractivity contribution in [3.8, 4) is 6.07 Å². The fraction of sp³-hybridized carbons (Fsp3) is 0.0667. The Labute approximate surface area is 126 Å². The van der Waals surface area contributed by atoms with Crippen LogP contribution in [0.25, 0.3) is 6.08 Å². The molecule has 2 aromatic rings. The minimum atomic E-state index is -0.446.